The second-order valence-corrected chi connectivity index (χ2v) is 11.1. The minimum atomic E-state index is -3.93. The van der Waals surface area contributed by atoms with E-state index in [0.717, 1.165) is 16.1 Å². The molecule has 2 amide bonds. The van der Waals surface area contributed by atoms with Crippen LogP contribution in [0.4, 0.5) is 5.69 Å². The van der Waals surface area contributed by atoms with Crippen LogP contribution < -0.4 is 9.62 Å². The van der Waals surface area contributed by atoms with Crippen molar-refractivity contribution in [1.29, 1.82) is 0 Å². The van der Waals surface area contributed by atoms with Crippen LogP contribution in [0.3, 0.4) is 0 Å². The smallest absolute Gasteiger partial charge is 0.244 e. The van der Waals surface area contributed by atoms with Gasteiger partial charge < -0.3 is 10.2 Å². The first-order chi connectivity index (χ1) is 18.0. The Bertz CT molecular complexity index is 1410. The average Bonchev–Trinajstić information content (AvgIpc) is 2.89. The Labute approximate surface area is 228 Å². The minimum absolute atomic E-state index is 0.0193. The lowest BCUT2D eigenvalue weighted by Crippen LogP contribution is -2.52. The normalized spacial score (nSPS) is 11.9. The molecule has 1 unspecified atom stereocenters. The molecule has 200 valence electrons. The third kappa shape index (κ3) is 7.43. The van der Waals surface area contributed by atoms with E-state index < -0.39 is 34.4 Å². The van der Waals surface area contributed by atoms with Crippen LogP contribution in [0.15, 0.2) is 78.9 Å². The highest BCUT2D eigenvalue weighted by molar-refractivity contribution is 7.92. The number of Topliss-reactive ketones (excluding diaryl/α,β-unsaturated/α-hetero) is 1. The van der Waals surface area contributed by atoms with Gasteiger partial charge in [-0.1, -0.05) is 72.3 Å². The van der Waals surface area contributed by atoms with Crippen LogP contribution in [-0.4, -0.2) is 56.8 Å². The fourth-order valence-corrected chi connectivity index (χ4v) is 5.06. The van der Waals surface area contributed by atoms with Crippen molar-refractivity contribution in [3.05, 3.63) is 101 Å². The van der Waals surface area contributed by atoms with E-state index in [9.17, 15) is 22.8 Å². The first-order valence-corrected chi connectivity index (χ1v) is 14.1. The molecule has 10 heteroatoms. The van der Waals surface area contributed by atoms with Gasteiger partial charge in [0, 0.05) is 30.6 Å². The van der Waals surface area contributed by atoms with Crippen LogP contribution in [0.2, 0.25) is 5.02 Å². The van der Waals surface area contributed by atoms with Gasteiger partial charge in [-0.05, 0) is 36.2 Å². The average molecular weight is 556 g/mol. The number of ketones is 1. The number of carbonyl (C=O) groups excluding carboxylic acids is 3. The van der Waals surface area contributed by atoms with Gasteiger partial charge in [-0.3, -0.25) is 18.7 Å². The van der Waals surface area contributed by atoms with Crippen molar-refractivity contribution in [1.82, 2.24) is 10.2 Å². The van der Waals surface area contributed by atoms with E-state index in [1.54, 1.807) is 36.4 Å². The number of nitrogens with zero attached hydrogens (tertiary/aromatic N) is 2. The highest BCUT2D eigenvalue weighted by Gasteiger charge is 2.33. The summed E-state index contributed by atoms with van der Waals surface area (Å²) in [5, 5.41) is 3.03. The largest absolute Gasteiger partial charge is 0.357 e. The summed E-state index contributed by atoms with van der Waals surface area (Å²) in [7, 11) is -2.45. The van der Waals surface area contributed by atoms with Crippen LogP contribution in [0.25, 0.3) is 0 Å². The molecule has 1 N–H and O–H groups in total. The van der Waals surface area contributed by atoms with Crippen LogP contribution >= 0.6 is 11.6 Å². The predicted octanol–water partition coefficient (Wildman–Crippen LogP) is 3.69. The number of nitrogens with one attached hydrogen (secondary N) is 1. The van der Waals surface area contributed by atoms with Gasteiger partial charge in [0.25, 0.3) is 0 Å². The van der Waals surface area contributed by atoms with Crippen molar-refractivity contribution in [2.45, 2.75) is 25.9 Å². The van der Waals surface area contributed by atoms with Gasteiger partial charge in [0.15, 0.2) is 5.78 Å². The van der Waals surface area contributed by atoms with Crippen LogP contribution in [-0.2, 0) is 32.6 Å². The maximum absolute atomic E-state index is 13.9. The van der Waals surface area contributed by atoms with Crippen molar-refractivity contribution in [2.75, 3.05) is 24.2 Å². The predicted molar refractivity (Wildman–Crippen MR) is 149 cm³/mol. The molecule has 0 aliphatic rings. The molecule has 3 rings (SSSR count). The highest BCUT2D eigenvalue weighted by Crippen LogP contribution is 2.23. The van der Waals surface area contributed by atoms with Crippen LogP contribution in [0.1, 0.15) is 28.4 Å². The van der Waals surface area contributed by atoms with Crippen molar-refractivity contribution in [3.8, 4) is 0 Å². The molecule has 0 saturated carbocycles. The van der Waals surface area contributed by atoms with Crippen molar-refractivity contribution in [3.63, 3.8) is 0 Å². The zero-order chi connectivity index (χ0) is 27.9. The Morgan fingerprint density at radius 2 is 1.61 bits per heavy atom. The maximum atomic E-state index is 13.9. The summed E-state index contributed by atoms with van der Waals surface area (Å²) in [6.45, 7) is 0.777. The topological polar surface area (TPSA) is 104 Å². The second kappa shape index (κ2) is 12.7. The Hall–Kier alpha value is -3.69. The molecule has 0 fully saturated rings. The van der Waals surface area contributed by atoms with E-state index in [0.29, 0.717) is 16.1 Å². The molecular weight excluding hydrogens is 526 g/mol. The summed E-state index contributed by atoms with van der Waals surface area (Å²) < 4.78 is 26.5. The summed E-state index contributed by atoms with van der Waals surface area (Å²) in [4.78, 5) is 40.2. The minimum Gasteiger partial charge on any atom is -0.357 e. The van der Waals surface area contributed by atoms with Gasteiger partial charge in [-0.25, -0.2) is 8.42 Å². The molecule has 0 aromatic heterocycles. The molecule has 0 saturated heterocycles. The lowest BCUT2D eigenvalue weighted by molar-refractivity contribution is -0.139. The third-order valence-electron chi connectivity index (χ3n) is 6.04. The number of anilines is 1. The van der Waals surface area contributed by atoms with Crippen LogP contribution in [0, 0.1) is 0 Å². The molecule has 0 aliphatic carbocycles. The number of benzene rings is 3. The van der Waals surface area contributed by atoms with E-state index in [4.69, 9.17) is 11.6 Å². The molecule has 0 heterocycles. The Kier molecular flexibility index (Phi) is 9.66. The number of halogens is 1. The van der Waals surface area contributed by atoms with Gasteiger partial charge in [0.1, 0.15) is 12.6 Å². The molecular formula is C28H30ClN3O5S. The number of hydrogen-bond acceptors (Lipinski definition) is 5. The van der Waals surface area contributed by atoms with Crippen molar-refractivity contribution >= 4 is 44.9 Å². The van der Waals surface area contributed by atoms with E-state index in [1.165, 1.54) is 31.0 Å². The molecule has 0 radical (unpaired) electrons. The van der Waals surface area contributed by atoms with E-state index in [-0.39, 0.29) is 24.4 Å². The molecule has 0 aliphatic heterocycles. The fraction of sp³-hybridized carbons (Fsp3) is 0.250. The monoisotopic (exact) mass is 555 g/mol. The number of amides is 2. The molecule has 0 spiro atoms. The third-order valence-corrected chi connectivity index (χ3v) is 7.55. The van der Waals surface area contributed by atoms with E-state index in [2.05, 4.69) is 5.32 Å². The number of likely N-dealkylation sites (N-methyl/N-ethyl adjacent to an activating group) is 1. The number of sulfonamides is 1. The Balaban J connectivity index is 2.05. The molecule has 38 heavy (non-hydrogen) atoms. The first-order valence-electron chi connectivity index (χ1n) is 11.9. The Morgan fingerprint density at radius 1 is 0.947 bits per heavy atom. The quantitative estimate of drug-likeness (QED) is 0.363. The summed E-state index contributed by atoms with van der Waals surface area (Å²) in [5.41, 5.74) is 1.91. The first kappa shape index (κ1) is 28.9. The lowest BCUT2D eigenvalue weighted by atomic mass is 10.0. The fourth-order valence-electron chi connectivity index (χ4n) is 4.02. The van der Waals surface area contributed by atoms with Gasteiger partial charge in [0.2, 0.25) is 21.8 Å². The zero-order valence-corrected chi connectivity index (χ0v) is 23.0. The van der Waals surface area contributed by atoms with Crippen molar-refractivity contribution < 1.29 is 22.8 Å². The Morgan fingerprint density at radius 3 is 2.21 bits per heavy atom. The highest BCUT2D eigenvalue weighted by atomic mass is 35.5. The lowest BCUT2D eigenvalue weighted by Gasteiger charge is -2.33. The summed E-state index contributed by atoms with van der Waals surface area (Å²) in [6.07, 6.45) is 1.19. The zero-order valence-electron chi connectivity index (χ0n) is 21.4. The summed E-state index contributed by atoms with van der Waals surface area (Å²) >= 11 is 6.40. The molecule has 1 atom stereocenters. The van der Waals surface area contributed by atoms with E-state index in [1.807, 2.05) is 30.3 Å². The molecule has 3 aromatic carbocycles. The van der Waals surface area contributed by atoms with Gasteiger partial charge >= 0.3 is 0 Å². The standard InChI is InChI=1S/C28H30ClN3O5S/c1-20(33)22-13-9-14-24(17-22)32(38(3,36)37)19-27(34)31(18-23-12-7-8-15-25(23)29)26(28(35)30-2)16-21-10-5-4-6-11-21/h4-15,17,26H,16,18-19H2,1-3H3,(H,30,35). The van der Waals surface area contributed by atoms with Crippen molar-refractivity contribution in [2.24, 2.45) is 0 Å². The number of hydrogen-bond donors (Lipinski definition) is 1. The van der Waals surface area contributed by atoms with Gasteiger partial charge in [-0.2, -0.15) is 0 Å². The molecule has 8 nitrogen and oxygen atoms in total. The number of rotatable bonds is 11. The SMILES string of the molecule is CNC(=O)C(Cc1ccccc1)N(Cc1ccccc1Cl)C(=O)CN(c1cccc(C(C)=O)c1)S(C)(=O)=O. The molecule has 3 aromatic rings. The summed E-state index contributed by atoms with van der Waals surface area (Å²) in [5.74, 6) is -1.25. The summed E-state index contributed by atoms with van der Waals surface area (Å²) in [6, 6.07) is 21.3. The second-order valence-electron chi connectivity index (χ2n) is 8.81. The van der Waals surface area contributed by atoms with E-state index >= 15 is 0 Å². The van der Waals surface area contributed by atoms with Gasteiger partial charge in [0.05, 0.1) is 11.9 Å². The maximum Gasteiger partial charge on any atom is 0.244 e. The molecule has 0 bridgehead atoms. The van der Waals surface area contributed by atoms with Gasteiger partial charge in [-0.15, -0.1) is 0 Å². The van der Waals surface area contributed by atoms with Crippen LogP contribution in [0.5, 0.6) is 0 Å². The number of carbonyl (C=O) groups is 3.